The number of ether oxygens (including phenoxy) is 2. The fraction of sp³-hybridized carbons (Fsp3) is 0.882. The van der Waals surface area contributed by atoms with E-state index >= 15 is 0 Å². The van der Waals surface area contributed by atoms with Crippen LogP contribution in [0.1, 0.15) is 34.1 Å². The zero-order valence-corrected chi connectivity index (χ0v) is 16.2. The van der Waals surface area contributed by atoms with Gasteiger partial charge in [0.05, 0.1) is 13.2 Å². The Labute approximate surface area is 151 Å². The number of hydrogen-bond donors (Lipinski definition) is 3. The van der Waals surface area contributed by atoms with E-state index < -0.39 is 5.60 Å². The summed E-state index contributed by atoms with van der Waals surface area (Å²) in [5.41, 5.74) is -0.467. The average Bonchev–Trinajstić information content (AvgIpc) is 2.54. The van der Waals surface area contributed by atoms with Crippen molar-refractivity contribution in [2.75, 3.05) is 59.0 Å². The van der Waals surface area contributed by atoms with Crippen molar-refractivity contribution in [2.24, 2.45) is 4.99 Å². The van der Waals surface area contributed by atoms with Crippen molar-refractivity contribution in [3.63, 3.8) is 0 Å². The Kier molecular flexibility index (Phi) is 10.3. The lowest BCUT2D eigenvalue weighted by Gasteiger charge is -2.26. The number of carbonyl (C=O) groups excluding carboxylic acids is 1. The molecule has 8 heteroatoms. The summed E-state index contributed by atoms with van der Waals surface area (Å²) in [6.45, 7) is 15.1. The first kappa shape index (κ1) is 21.5. The SMILES string of the molecule is CCNC(=NCCCNC(=O)OC(C)(C)C)NCCN1CCOCC1. The van der Waals surface area contributed by atoms with Crippen molar-refractivity contribution >= 4 is 12.1 Å². The fourth-order valence-corrected chi connectivity index (χ4v) is 2.27. The molecule has 0 radical (unpaired) electrons. The van der Waals surface area contributed by atoms with Crippen LogP contribution in [0.5, 0.6) is 0 Å². The van der Waals surface area contributed by atoms with Gasteiger partial charge in [0.15, 0.2) is 5.96 Å². The van der Waals surface area contributed by atoms with Gasteiger partial charge in [0.2, 0.25) is 0 Å². The van der Waals surface area contributed by atoms with Gasteiger partial charge in [-0.3, -0.25) is 9.89 Å². The Morgan fingerprint density at radius 1 is 1.16 bits per heavy atom. The number of rotatable bonds is 8. The van der Waals surface area contributed by atoms with E-state index in [0.29, 0.717) is 13.1 Å². The summed E-state index contributed by atoms with van der Waals surface area (Å²) in [6.07, 6.45) is 0.381. The average molecular weight is 357 g/mol. The first-order chi connectivity index (χ1) is 11.9. The Morgan fingerprint density at radius 2 is 1.88 bits per heavy atom. The van der Waals surface area contributed by atoms with Gasteiger partial charge in [-0.05, 0) is 34.1 Å². The molecular formula is C17H35N5O3. The van der Waals surface area contributed by atoms with Crippen molar-refractivity contribution in [2.45, 2.75) is 39.7 Å². The Morgan fingerprint density at radius 3 is 2.52 bits per heavy atom. The third kappa shape index (κ3) is 11.6. The van der Waals surface area contributed by atoms with Crippen LogP contribution in [0.2, 0.25) is 0 Å². The molecule has 1 amide bonds. The van der Waals surface area contributed by atoms with Crippen molar-refractivity contribution in [3.8, 4) is 0 Å². The third-order valence-electron chi connectivity index (χ3n) is 3.44. The largest absolute Gasteiger partial charge is 0.444 e. The highest BCUT2D eigenvalue weighted by Gasteiger charge is 2.15. The number of carbonyl (C=O) groups is 1. The molecule has 0 aromatic heterocycles. The molecular weight excluding hydrogens is 322 g/mol. The second-order valence-corrected chi connectivity index (χ2v) is 6.92. The minimum atomic E-state index is -0.467. The minimum absolute atomic E-state index is 0.382. The smallest absolute Gasteiger partial charge is 0.407 e. The van der Waals surface area contributed by atoms with Crippen LogP contribution in [-0.4, -0.2) is 81.6 Å². The summed E-state index contributed by atoms with van der Waals surface area (Å²) in [5, 5.41) is 9.32. The lowest BCUT2D eigenvalue weighted by molar-refractivity contribution is 0.0389. The molecule has 8 nitrogen and oxygen atoms in total. The first-order valence-corrected chi connectivity index (χ1v) is 9.20. The standard InChI is InChI=1S/C17H35N5O3/c1-5-18-15(20-9-10-22-11-13-24-14-12-22)19-7-6-8-21-16(23)25-17(2,3)4/h5-14H2,1-4H3,(H,21,23)(H2,18,19,20). The molecule has 0 unspecified atom stereocenters. The predicted molar refractivity (Wildman–Crippen MR) is 100 cm³/mol. The highest BCUT2D eigenvalue weighted by molar-refractivity contribution is 5.79. The van der Waals surface area contributed by atoms with E-state index in [0.717, 1.165) is 58.3 Å². The second kappa shape index (κ2) is 11.9. The summed E-state index contributed by atoms with van der Waals surface area (Å²) < 4.78 is 10.5. The maximum Gasteiger partial charge on any atom is 0.407 e. The lowest BCUT2D eigenvalue weighted by Crippen LogP contribution is -2.44. The number of amides is 1. The van der Waals surface area contributed by atoms with Gasteiger partial charge in [-0.15, -0.1) is 0 Å². The molecule has 146 valence electrons. The summed E-state index contributed by atoms with van der Waals surface area (Å²) in [7, 11) is 0. The van der Waals surface area contributed by atoms with E-state index in [2.05, 4.69) is 25.8 Å². The van der Waals surface area contributed by atoms with Gasteiger partial charge in [-0.25, -0.2) is 4.79 Å². The van der Waals surface area contributed by atoms with E-state index in [9.17, 15) is 4.79 Å². The number of aliphatic imine (C=N–C) groups is 1. The molecule has 0 saturated carbocycles. The Hall–Kier alpha value is -1.54. The normalized spacial score (nSPS) is 16.4. The van der Waals surface area contributed by atoms with Crippen molar-refractivity contribution < 1.29 is 14.3 Å². The van der Waals surface area contributed by atoms with Crippen LogP contribution in [0.3, 0.4) is 0 Å². The summed E-state index contributed by atoms with van der Waals surface area (Å²) >= 11 is 0. The molecule has 0 bridgehead atoms. The third-order valence-corrected chi connectivity index (χ3v) is 3.44. The van der Waals surface area contributed by atoms with Crippen LogP contribution < -0.4 is 16.0 Å². The van der Waals surface area contributed by atoms with E-state index in [1.165, 1.54) is 0 Å². The van der Waals surface area contributed by atoms with Crippen LogP contribution in [0.4, 0.5) is 4.79 Å². The lowest BCUT2D eigenvalue weighted by atomic mass is 10.2. The molecule has 1 saturated heterocycles. The Bertz CT molecular complexity index is 404. The quantitative estimate of drug-likeness (QED) is 0.338. The van der Waals surface area contributed by atoms with Crippen molar-refractivity contribution in [1.29, 1.82) is 0 Å². The summed E-state index contributed by atoms with van der Waals surface area (Å²) in [4.78, 5) is 18.4. The van der Waals surface area contributed by atoms with Gasteiger partial charge < -0.3 is 25.4 Å². The topological polar surface area (TPSA) is 87.2 Å². The minimum Gasteiger partial charge on any atom is -0.444 e. The Balaban J connectivity index is 2.17. The van der Waals surface area contributed by atoms with E-state index in [1.54, 1.807) is 0 Å². The molecule has 0 aromatic carbocycles. The van der Waals surface area contributed by atoms with Gasteiger partial charge in [-0.1, -0.05) is 0 Å². The fourth-order valence-electron chi connectivity index (χ4n) is 2.27. The van der Waals surface area contributed by atoms with Gasteiger partial charge in [0.25, 0.3) is 0 Å². The molecule has 1 heterocycles. The second-order valence-electron chi connectivity index (χ2n) is 6.92. The van der Waals surface area contributed by atoms with Gasteiger partial charge >= 0.3 is 6.09 Å². The molecule has 25 heavy (non-hydrogen) atoms. The maximum atomic E-state index is 11.5. The van der Waals surface area contributed by atoms with Gasteiger partial charge in [0, 0.05) is 45.8 Å². The van der Waals surface area contributed by atoms with Crippen molar-refractivity contribution in [3.05, 3.63) is 0 Å². The van der Waals surface area contributed by atoms with Gasteiger partial charge in [0.1, 0.15) is 5.60 Å². The molecule has 1 aliphatic rings. The molecule has 0 aliphatic carbocycles. The molecule has 0 atom stereocenters. The van der Waals surface area contributed by atoms with Crippen LogP contribution in [0, 0.1) is 0 Å². The molecule has 1 aliphatic heterocycles. The molecule has 1 rings (SSSR count). The number of alkyl carbamates (subject to hydrolysis) is 1. The molecule has 0 spiro atoms. The van der Waals surface area contributed by atoms with Crippen molar-refractivity contribution in [1.82, 2.24) is 20.9 Å². The number of nitrogens with one attached hydrogen (secondary N) is 3. The highest BCUT2D eigenvalue weighted by atomic mass is 16.6. The van der Waals surface area contributed by atoms with E-state index in [1.807, 2.05) is 27.7 Å². The molecule has 1 fully saturated rings. The highest BCUT2D eigenvalue weighted by Crippen LogP contribution is 2.06. The molecule has 0 aromatic rings. The summed E-state index contributed by atoms with van der Waals surface area (Å²) in [5.74, 6) is 0.813. The monoisotopic (exact) mass is 357 g/mol. The zero-order chi connectivity index (χ0) is 18.5. The predicted octanol–water partition coefficient (Wildman–Crippen LogP) is 0.789. The zero-order valence-electron chi connectivity index (χ0n) is 16.2. The summed E-state index contributed by atoms with van der Waals surface area (Å²) in [6, 6.07) is 0. The van der Waals surface area contributed by atoms with Crippen LogP contribution >= 0.6 is 0 Å². The van der Waals surface area contributed by atoms with E-state index in [-0.39, 0.29) is 6.09 Å². The van der Waals surface area contributed by atoms with Crippen LogP contribution in [0.15, 0.2) is 4.99 Å². The first-order valence-electron chi connectivity index (χ1n) is 9.20. The number of morpholine rings is 1. The van der Waals surface area contributed by atoms with Gasteiger partial charge in [-0.2, -0.15) is 0 Å². The van der Waals surface area contributed by atoms with Crippen LogP contribution in [-0.2, 0) is 9.47 Å². The number of nitrogens with zero attached hydrogens (tertiary/aromatic N) is 2. The molecule has 3 N–H and O–H groups in total. The number of guanidine groups is 1. The maximum absolute atomic E-state index is 11.5. The number of hydrogen-bond acceptors (Lipinski definition) is 5. The van der Waals surface area contributed by atoms with E-state index in [4.69, 9.17) is 9.47 Å². The van der Waals surface area contributed by atoms with Crippen LogP contribution in [0.25, 0.3) is 0 Å².